The van der Waals surface area contributed by atoms with Crippen LogP contribution < -0.4 is 0 Å². The van der Waals surface area contributed by atoms with Crippen molar-refractivity contribution < 1.29 is 25.2 Å². The van der Waals surface area contributed by atoms with E-state index in [4.69, 9.17) is 5.11 Å². The van der Waals surface area contributed by atoms with Crippen LogP contribution in [0.2, 0.25) is 0 Å². The summed E-state index contributed by atoms with van der Waals surface area (Å²) in [6.07, 6.45) is 5.83. The van der Waals surface area contributed by atoms with Gasteiger partial charge in [0, 0.05) is 6.42 Å². The number of rotatable bonds is 4. The fraction of sp³-hybridized carbons (Fsp3) is 0.958. The Labute approximate surface area is 174 Å². The predicted octanol–water partition coefficient (Wildman–Crippen LogP) is 3.45. The van der Waals surface area contributed by atoms with Crippen molar-refractivity contribution in [3.8, 4) is 0 Å². The van der Waals surface area contributed by atoms with Gasteiger partial charge in [-0.1, -0.05) is 20.8 Å². The molecule has 0 aromatic carbocycles. The summed E-state index contributed by atoms with van der Waals surface area (Å²) in [5.74, 6) is 1.67. The molecule has 0 spiro atoms. The average molecular weight is 409 g/mol. The largest absolute Gasteiger partial charge is 0.481 e. The molecule has 0 aromatic heterocycles. The molecular weight excluding hydrogens is 368 g/mol. The first kappa shape index (κ1) is 21.6. The molecule has 5 nitrogen and oxygen atoms in total. The number of carboxylic acid groups (broad SMARTS) is 1. The van der Waals surface area contributed by atoms with Gasteiger partial charge in [-0.15, -0.1) is 0 Å². The van der Waals surface area contributed by atoms with Gasteiger partial charge in [0.2, 0.25) is 0 Å². The van der Waals surface area contributed by atoms with Crippen LogP contribution in [-0.4, -0.2) is 44.7 Å². The van der Waals surface area contributed by atoms with Crippen molar-refractivity contribution in [1.29, 1.82) is 0 Å². The molecule has 0 aliphatic heterocycles. The zero-order chi connectivity index (χ0) is 21.1. The smallest absolute Gasteiger partial charge is 0.303 e. The quantitative estimate of drug-likeness (QED) is 0.571. The first-order chi connectivity index (χ1) is 13.6. The summed E-state index contributed by atoms with van der Waals surface area (Å²) >= 11 is 0. The molecule has 166 valence electrons. The summed E-state index contributed by atoms with van der Waals surface area (Å²) in [5, 5.41) is 41.0. The zero-order valence-corrected chi connectivity index (χ0v) is 18.3. The minimum atomic E-state index is -0.708. The number of hydrogen-bond donors (Lipinski definition) is 4. The predicted molar refractivity (Wildman–Crippen MR) is 110 cm³/mol. The van der Waals surface area contributed by atoms with Gasteiger partial charge in [-0.3, -0.25) is 4.79 Å². The lowest BCUT2D eigenvalue weighted by Crippen LogP contribution is -2.60. The molecule has 4 aliphatic rings. The third-order valence-electron chi connectivity index (χ3n) is 10.3. The molecule has 0 amide bonds. The zero-order valence-electron chi connectivity index (χ0n) is 18.3. The maximum Gasteiger partial charge on any atom is 0.303 e. The van der Waals surface area contributed by atoms with Crippen LogP contribution in [0.5, 0.6) is 0 Å². The molecule has 4 aliphatic carbocycles. The van der Waals surface area contributed by atoms with E-state index in [1.54, 1.807) is 0 Å². The van der Waals surface area contributed by atoms with Crippen LogP contribution in [-0.2, 0) is 4.79 Å². The summed E-state index contributed by atoms with van der Waals surface area (Å²) in [4.78, 5) is 11.1. The Bertz CT molecular complexity index is 637. The lowest BCUT2D eigenvalue weighted by atomic mass is 9.43. The summed E-state index contributed by atoms with van der Waals surface area (Å²) in [6, 6.07) is 0. The van der Waals surface area contributed by atoms with Crippen molar-refractivity contribution in [2.75, 3.05) is 0 Å². The van der Waals surface area contributed by atoms with Crippen molar-refractivity contribution in [1.82, 2.24) is 0 Å². The number of carboxylic acids is 1. The Kier molecular flexibility index (Phi) is 5.57. The van der Waals surface area contributed by atoms with Crippen LogP contribution in [0.4, 0.5) is 0 Å². The highest BCUT2D eigenvalue weighted by atomic mass is 16.4. The summed E-state index contributed by atoms with van der Waals surface area (Å²) < 4.78 is 0. The van der Waals surface area contributed by atoms with Crippen LogP contribution in [0.1, 0.15) is 78.6 Å². The monoisotopic (exact) mass is 408 g/mol. The number of fused-ring (bicyclic) bond motifs is 5. The van der Waals surface area contributed by atoms with Crippen LogP contribution in [0.3, 0.4) is 0 Å². The van der Waals surface area contributed by atoms with E-state index in [-0.39, 0.29) is 35.2 Å². The minimum Gasteiger partial charge on any atom is -0.481 e. The van der Waals surface area contributed by atoms with Gasteiger partial charge in [0.1, 0.15) is 0 Å². The highest BCUT2D eigenvalue weighted by Gasteiger charge is 2.63. The number of aliphatic carboxylic acids is 1. The Morgan fingerprint density at radius 3 is 2.31 bits per heavy atom. The fourth-order valence-corrected chi connectivity index (χ4v) is 8.77. The van der Waals surface area contributed by atoms with Crippen molar-refractivity contribution in [2.45, 2.75) is 96.9 Å². The Balaban J connectivity index is 1.57. The van der Waals surface area contributed by atoms with Gasteiger partial charge in [0.15, 0.2) is 0 Å². The molecule has 4 saturated carbocycles. The molecule has 4 fully saturated rings. The molecule has 0 radical (unpaired) electrons. The molecule has 0 saturated heterocycles. The maximum atomic E-state index is 11.3. The van der Waals surface area contributed by atoms with E-state index >= 15 is 0 Å². The first-order valence-electron chi connectivity index (χ1n) is 11.8. The van der Waals surface area contributed by atoms with Crippen LogP contribution in [0.25, 0.3) is 0 Å². The topological polar surface area (TPSA) is 98.0 Å². The SMILES string of the molecule is C[C@H](CCC(=O)O)[C@H]1CC[C@H]2[C@@H]3[C@H](O)C[C@@H]4C[C@H](O)[C@@H](O)C[C@]4(C)[C@H]3CC[C@]12C. The lowest BCUT2D eigenvalue weighted by molar-refractivity contribution is -0.194. The van der Waals surface area contributed by atoms with Crippen molar-refractivity contribution in [3.63, 3.8) is 0 Å². The van der Waals surface area contributed by atoms with Crippen molar-refractivity contribution in [2.24, 2.45) is 46.3 Å². The fourth-order valence-electron chi connectivity index (χ4n) is 8.77. The van der Waals surface area contributed by atoms with Gasteiger partial charge in [0.05, 0.1) is 18.3 Å². The third-order valence-corrected chi connectivity index (χ3v) is 10.3. The van der Waals surface area contributed by atoms with Crippen molar-refractivity contribution in [3.05, 3.63) is 0 Å². The number of aliphatic hydroxyl groups is 3. The minimum absolute atomic E-state index is 0.00309. The highest BCUT2D eigenvalue weighted by Crippen LogP contribution is 2.68. The molecule has 0 unspecified atom stereocenters. The summed E-state index contributed by atoms with van der Waals surface area (Å²) in [7, 11) is 0. The van der Waals surface area contributed by atoms with Crippen LogP contribution in [0, 0.1) is 46.3 Å². The molecule has 4 N–H and O–H groups in total. The van der Waals surface area contributed by atoms with E-state index in [9.17, 15) is 20.1 Å². The molecule has 5 heteroatoms. The Morgan fingerprint density at radius 2 is 1.62 bits per heavy atom. The van der Waals surface area contributed by atoms with E-state index in [1.807, 2.05) is 0 Å². The molecular formula is C24H40O5. The van der Waals surface area contributed by atoms with Gasteiger partial charge in [-0.25, -0.2) is 0 Å². The van der Waals surface area contributed by atoms with Gasteiger partial charge >= 0.3 is 5.97 Å². The van der Waals surface area contributed by atoms with Crippen LogP contribution in [0.15, 0.2) is 0 Å². The molecule has 4 rings (SSSR count). The van der Waals surface area contributed by atoms with Gasteiger partial charge in [-0.05, 0) is 97.7 Å². The lowest BCUT2D eigenvalue weighted by Gasteiger charge is -2.63. The number of aliphatic hydroxyl groups excluding tert-OH is 3. The highest BCUT2D eigenvalue weighted by molar-refractivity contribution is 5.66. The standard InChI is InChI=1S/C24H40O5/c1-13(4-7-21(28)29)15-5-6-16-22-17(8-9-23(15,16)2)24(3)12-20(27)18(25)10-14(24)11-19(22)26/h13-20,22,25-27H,4-12H2,1-3H3,(H,28,29)/t13-,14+,15-,16+,17+,18+,19-,20+,22+,23-,24+/m1/s1. The second kappa shape index (κ2) is 7.49. The normalized spacial score (nSPS) is 52.9. The molecule has 0 heterocycles. The molecule has 11 atom stereocenters. The Hall–Kier alpha value is -0.650. The van der Waals surface area contributed by atoms with Crippen LogP contribution >= 0.6 is 0 Å². The van der Waals surface area contributed by atoms with Crippen molar-refractivity contribution >= 4 is 5.97 Å². The molecule has 0 bridgehead atoms. The number of carbonyl (C=O) groups is 1. The Morgan fingerprint density at radius 1 is 0.966 bits per heavy atom. The van der Waals surface area contributed by atoms with E-state index < -0.39 is 18.2 Å². The van der Waals surface area contributed by atoms with E-state index in [0.717, 1.165) is 38.5 Å². The number of hydrogen-bond acceptors (Lipinski definition) is 4. The maximum absolute atomic E-state index is 11.3. The second-order valence-corrected chi connectivity index (χ2v) is 11.5. The van der Waals surface area contributed by atoms with Gasteiger partial charge < -0.3 is 20.4 Å². The van der Waals surface area contributed by atoms with Gasteiger partial charge in [-0.2, -0.15) is 0 Å². The molecule has 0 aromatic rings. The molecule has 29 heavy (non-hydrogen) atoms. The van der Waals surface area contributed by atoms with E-state index in [1.165, 1.54) is 0 Å². The summed E-state index contributed by atoms with van der Waals surface area (Å²) in [6.45, 7) is 6.94. The van der Waals surface area contributed by atoms with E-state index in [2.05, 4.69) is 20.8 Å². The first-order valence-corrected chi connectivity index (χ1v) is 11.8. The summed E-state index contributed by atoms with van der Waals surface area (Å²) in [5.41, 5.74) is 0.174. The second-order valence-electron chi connectivity index (χ2n) is 11.5. The average Bonchev–Trinajstić information content (AvgIpc) is 2.99. The van der Waals surface area contributed by atoms with E-state index in [0.29, 0.717) is 36.5 Å². The van der Waals surface area contributed by atoms with Gasteiger partial charge in [0.25, 0.3) is 0 Å². The third kappa shape index (κ3) is 3.36.